The molecular formula is C16H23N3OSSi. The van der Waals surface area contributed by atoms with Crippen molar-refractivity contribution >= 4 is 25.3 Å². The number of nitrogens with zero attached hydrogens (tertiary/aromatic N) is 2. The number of aromatic nitrogens is 2. The molecule has 0 saturated heterocycles. The smallest absolute Gasteiger partial charge is 0.124 e. The normalized spacial score (nSPS) is 11.6. The topological polar surface area (TPSA) is 53.1 Å². The number of ether oxygens (including phenoxy) is 1. The van der Waals surface area contributed by atoms with E-state index < -0.39 is 8.07 Å². The fourth-order valence-electron chi connectivity index (χ4n) is 2.09. The van der Waals surface area contributed by atoms with Gasteiger partial charge in [-0.1, -0.05) is 62.2 Å². The van der Waals surface area contributed by atoms with E-state index >= 15 is 0 Å². The summed E-state index contributed by atoms with van der Waals surface area (Å²) in [7, 11) is -1.08. The van der Waals surface area contributed by atoms with Crippen LogP contribution in [0, 0.1) is 0 Å². The summed E-state index contributed by atoms with van der Waals surface area (Å²) in [5.41, 5.74) is 8.46. The molecule has 0 aliphatic carbocycles. The molecule has 0 bridgehead atoms. The summed E-state index contributed by atoms with van der Waals surface area (Å²) in [6, 6.07) is 11.1. The third-order valence-corrected chi connectivity index (χ3v) is 5.24. The monoisotopic (exact) mass is 333 g/mol. The third kappa shape index (κ3) is 4.49. The molecule has 0 radical (unpaired) electrons. The van der Waals surface area contributed by atoms with E-state index in [2.05, 4.69) is 24.6 Å². The molecule has 0 aliphatic rings. The van der Waals surface area contributed by atoms with E-state index in [9.17, 15) is 0 Å². The second-order valence-electron chi connectivity index (χ2n) is 6.49. The van der Waals surface area contributed by atoms with Crippen molar-refractivity contribution in [3.63, 3.8) is 0 Å². The zero-order valence-corrected chi connectivity index (χ0v) is 15.2. The standard InChI is InChI=1S/C16H23N3OSSi/c1-22(2,3)10-9-20-12-19-11-18-14(15(19)16(17)21)13-7-5-4-6-8-13/h4-8,11H,9-10,12H2,1-3H3,(H2,17,21). The van der Waals surface area contributed by atoms with Crippen LogP contribution >= 0.6 is 12.2 Å². The lowest BCUT2D eigenvalue weighted by atomic mass is 10.1. The molecule has 0 amide bonds. The van der Waals surface area contributed by atoms with Gasteiger partial charge < -0.3 is 15.0 Å². The Labute approximate surface area is 138 Å². The Bertz CT molecular complexity index is 635. The van der Waals surface area contributed by atoms with Crippen LogP contribution in [0.4, 0.5) is 0 Å². The summed E-state index contributed by atoms with van der Waals surface area (Å²) in [5.74, 6) is 0. The molecule has 2 rings (SSSR count). The minimum atomic E-state index is -1.08. The van der Waals surface area contributed by atoms with Crippen molar-refractivity contribution in [3.8, 4) is 11.3 Å². The molecule has 118 valence electrons. The third-order valence-electron chi connectivity index (χ3n) is 3.35. The Morgan fingerprint density at radius 2 is 1.95 bits per heavy atom. The molecule has 0 saturated carbocycles. The van der Waals surface area contributed by atoms with Crippen molar-refractivity contribution in [2.24, 2.45) is 5.73 Å². The van der Waals surface area contributed by atoms with Gasteiger partial charge in [0.25, 0.3) is 0 Å². The van der Waals surface area contributed by atoms with E-state index in [4.69, 9.17) is 22.7 Å². The number of rotatable bonds is 7. The largest absolute Gasteiger partial charge is 0.388 e. The van der Waals surface area contributed by atoms with E-state index in [-0.39, 0.29) is 0 Å². The predicted octanol–water partition coefficient (Wildman–Crippen LogP) is 3.50. The summed E-state index contributed by atoms with van der Waals surface area (Å²) in [6.07, 6.45) is 1.74. The van der Waals surface area contributed by atoms with Crippen molar-refractivity contribution in [1.82, 2.24) is 9.55 Å². The molecule has 0 aliphatic heterocycles. The molecule has 1 aromatic carbocycles. The molecule has 2 aromatic rings. The number of hydrogen-bond donors (Lipinski definition) is 1. The fourth-order valence-corrected chi connectivity index (χ4v) is 3.06. The first kappa shape index (κ1) is 16.9. The van der Waals surface area contributed by atoms with Gasteiger partial charge in [-0.2, -0.15) is 0 Å². The van der Waals surface area contributed by atoms with Crippen LogP contribution in [0.2, 0.25) is 25.7 Å². The molecule has 6 heteroatoms. The van der Waals surface area contributed by atoms with Crippen LogP contribution in [-0.2, 0) is 11.5 Å². The maximum Gasteiger partial charge on any atom is 0.124 e. The van der Waals surface area contributed by atoms with E-state index in [1.165, 1.54) is 0 Å². The van der Waals surface area contributed by atoms with Gasteiger partial charge in [0.15, 0.2) is 0 Å². The van der Waals surface area contributed by atoms with Gasteiger partial charge in [-0.25, -0.2) is 4.98 Å². The molecule has 4 nitrogen and oxygen atoms in total. The van der Waals surface area contributed by atoms with Crippen LogP contribution in [0.25, 0.3) is 11.3 Å². The summed E-state index contributed by atoms with van der Waals surface area (Å²) < 4.78 is 7.66. The Morgan fingerprint density at radius 3 is 2.55 bits per heavy atom. The van der Waals surface area contributed by atoms with E-state index in [1.807, 2.05) is 34.9 Å². The highest BCUT2D eigenvalue weighted by atomic mass is 32.1. The number of benzene rings is 1. The molecule has 1 heterocycles. The van der Waals surface area contributed by atoms with Crippen LogP contribution in [-0.4, -0.2) is 29.2 Å². The van der Waals surface area contributed by atoms with Crippen molar-refractivity contribution in [1.29, 1.82) is 0 Å². The van der Waals surface area contributed by atoms with Crippen molar-refractivity contribution in [3.05, 3.63) is 42.4 Å². The second kappa shape index (κ2) is 7.17. The average molecular weight is 334 g/mol. The van der Waals surface area contributed by atoms with Crippen molar-refractivity contribution < 1.29 is 4.74 Å². The zero-order valence-electron chi connectivity index (χ0n) is 13.4. The minimum absolute atomic E-state index is 0.338. The highest BCUT2D eigenvalue weighted by molar-refractivity contribution is 7.80. The molecule has 0 atom stereocenters. The molecular weight excluding hydrogens is 310 g/mol. The Hall–Kier alpha value is -1.50. The molecule has 0 unspecified atom stereocenters. The number of imidazole rings is 1. The van der Waals surface area contributed by atoms with Gasteiger partial charge in [0.05, 0.1) is 12.0 Å². The Kier molecular flexibility index (Phi) is 5.50. The first-order valence-electron chi connectivity index (χ1n) is 7.36. The van der Waals surface area contributed by atoms with E-state index in [0.29, 0.717) is 11.7 Å². The van der Waals surface area contributed by atoms with Crippen LogP contribution < -0.4 is 5.73 Å². The lowest BCUT2D eigenvalue weighted by Gasteiger charge is -2.16. The minimum Gasteiger partial charge on any atom is -0.388 e. The van der Waals surface area contributed by atoms with E-state index in [1.54, 1.807) is 6.33 Å². The molecule has 2 N–H and O–H groups in total. The lowest BCUT2D eigenvalue weighted by molar-refractivity contribution is 0.0868. The summed E-state index contributed by atoms with van der Waals surface area (Å²) in [5, 5.41) is 0. The van der Waals surface area contributed by atoms with Crippen LogP contribution in [0.15, 0.2) is 36.7 Å². The van der Waals surface area contributed by atoms with E-state index in [0.717, 1.165) is 29.6 Å². The van der Waals surface area contributed by atoms with Gasteiger partial charge in [0.1, 0.15) is 17.4 Å². The fraction of sp³-hybridized carbons (Fsp3) is 0.375. The van der Waals surface area contributed by atoms with Gasteiger partial charge in [-0.15, -0.1) is 0 Å². The summed E-state index contributed by atoms with van der Waals surface area (Å²) in [6.45, 7) is 8.19. The van der Waals surface area contributed by atoms with Gasteiger partial charge in [0, 0.05) is 20.2 Å². The Morgan fingerprint density at radius 1 is 1.27 bits per heavy atom. The molecule has 1 aromatic heterocycles. The number of nitrogens with two attached hydrogens (primary N) is 1. The van der Waals surface area contributed by atoms with Crippen LogP contribution in [0.1, 0.15) is 5.69 Å². The van der Waals surface area contributed by atoms with Crippen LogP contribution in [0.3, 0.4) is 0 Å². The maximum absolute atomic E-state index is 5.89. The van der Waals surface area contributed by atoms with Gasteiger partial charge in [-0.3, -0.25) is 0 Å². The molecule has 0 fully saturated rings. The van der Waals surface area contributed by atoms with Gasteiger partial charge >= 0.3 is 0 Å². The number of hydrogen-bond acceptors (Lipinski definition) is 3. The predicted molar refractivity (Wildman–Crippen MR) is 97.7 cm³/mol. The van der Waals surface area contributed by atoms with Crippen molar-refractivity contribution in [2.75, 3.05) is 6.61 Å². The van der Waals surface area contributed by atoms with Gasteiger partial charge in [0.2, 0.25) is 0 Å². The molecule has 22 heavy (non-hydrogen) atoms. The quantitative estimate of drug-likeness (QED) is 0.479. The first-order chi connectivity index (χ1) is 10.4. The summed E-state index contributed by atoms with van der Waals surface area (Å²) in [4.78, 5) is 4.80. The zero-order chi connectivity index (χ0) is 16.2. The maximum atomic E-state index is 5.89. The first-order valence-corrected chi connectivity index (χ1v) is 11.5. The Balaban J connectivity index is 2.13. The SMILES string of the molecule is C[Si](C)(C)CCOCn1cnc(-c2ccccc2)c1C(N)=S. The van der Waals surface area contributed by atoms with Crippen LogP contribution in [0.5, 0.6) is 0 Å². The molecule has 0 spiro atoms. The lowest BCUT2D eigenvalue weighted by Crippen LogP contribution is -2.22. The summed E-state index contributed by atoms with van der Waals surface area (Å²) >= 11 is 5.20. The average Bonchev–Trinajstić information content (AvgIpc) is 2.87. The van der Waals surface area contributed by atoms with Gasteiger partial charge in [-0.05, 0) is 6.04 Å². The highest BCUT2D eigenvalue weighted by Crippen LogP contribution is 2.22. The number of thiocarbonyl (C=S) groups is 1. The second-order valence-corrected chi connectivity index (χ2v) is 12.6. The van der Waals surface area contributed by atoms with Crippen molar-refractivity contribution in [2.45, 2.75) is 32.4 Å². The highest BCUT2D eigenvalue weighted by Gasteiger charge is 2.16.